The maximum Gasteiger partial charge on any atom is 0.417 e. The molecule has 5 rings (SSSR count). The molecule has 460 valence electrons. The number of amides is 7. The molecule has 5 fully saturated rings. The molecule has 5 aliphatic rings. The van der Waals surface area contributed by atoms with Crippen molar-refractivity contribution in [2.75, 3.05) is 46.2 Å². The van der Waals surface area contributed by atoms with Crippen molar-refractivity contribution >= 4 is 47.7 Å². The minimum absolute atomic E-state index is 0.0289. The third-order valence-corrected chi connectivity index (χ3v) is 13.5. The van der Waals surface area contributed by atoms with Crippen molar-refractivity contribution in [1.82, 2.24) is 25.3 Å². The summed E-state index contributed by atoms with van der Waals surface area (Å²) in [5, 5.41) is 22.5. The maximum absolute atomic E-state index is 12.5. The number of rotatable bonds is 11. The molecule has 5 aliphatic heterocycles. The average Bonchev–Trinajstić information content (AvgIpc) is 3.36. The minimum atomic E-state index is -0.983. The first-order valence-corrected chi connectivity index (χ1v) is 28.3. The monoisotopic (exact) mass is 1130 g/mol. The molecule has 8 atom stereocenters. The Morgan fingerprint density at radius 3 is 1.39 bits per heavy atom. The first-order valence-electron chi connectivity index (χ1n) is 28.3. The summed E-state index contributed by atoms with van der Waals surface area (Å²) >= 11 is 0. The highest BCUT2D eigenvalue weighted by Crippen LogP contribution is 2.32. The zero-order valence-electron chi connectivity index (χ0n) is 51.7. The van der Waals surface area contributed by atoms with Crippen LogP contribution in [0.2, 0.25) is 0 Å². The molecule has 0 saturated carbocycles. The predicted molar refractivity (Wildman–Crippen MR) is 298 cm³/mol. The van der Waals surface area contributed by atoms with Crippen LogP contribution >= 0.6 is 0 Å². The first kappa shape index (κ1) is 74.5. The molecule has 0 unspecified atom stereocenters. The van der Waals surface area contributed by atoms with Gasteiger partial charge < -0.3 is 64.6 Å². The third-order valence-electron chi connectivity index (χ3n) is 13.5. The molecule has 0 spiro atoms. The second-order valence-electron chi connectivity index (χ2n) is 22.7. The molecule has 23 nitrogen and oxygen atoms in total. The van der Waals surface area contributed by atoms with Gasteiger partial charge in [-0.1, -0.05) is 55.4 Å². The SMILES string of the molecule is CCC1(CC)OC[C@@H](C)N(C(=O)OC(C)(C)C)C1=O.CCC1(CC)OC[C@@H](C)N(CC(=O)O)C1=O.CCC1(CC)OC[C@@H](C)NC1=O.CC[C@H]1OC[C@@H](C)N(C(=O)OC(C)(C)C)C1=O.CC[C@H]1OC[C@@H](C)NC1=O.C[C@@H](N)CO. The normalized spacial score (nSPS) is 25.7. The van der Waals surface area contributed by atoms with Gasteiger partial charge in [-0.25, -0.2) is 19.4 Å². The number of ether oxygens (including phenoxy) is 7. The van der Waals surface area contributed by atoms with Crippen LogP contribution in [0.1, 0.15) is 190 Å². The van der Waals surface area contributed by atoms with E-state index in [4.69, 9.17) is 49.1 Å². The summed E-state index contributed by atoms with van der Waals surface area (Å²) < 4.78 is 38.0. The second kappa shape index (κ2) is 34.0. The molecular formula is C56H104N6O17. The Kier molecular flexibility index (Phi) is 32.1. The van der Waals surface area contributed by atoms with E-state index in [1.807, 2.05) is 69.2 Å². The van der Waals surface area contributed by atoms with Crippen LogP contribution in [0.3, 0.4) is 0 Å². The van der Waals surface area contributed by atoms with Crippen molar-refractivity contribution < 1.29 is 81.7 Å². The van der Waals surface area contributed by atoms with E-state index in [2.05, 4.69) is 10.6 Å². The van der Waals surface area contributed by atoms with E-state index < -0.39 is 52.3 Å². The smallest absolute Gasteiger partial charge is 0.417 e. The highest BCUT2D eigenvalue weighted by Gasteiger charge is 2.49. The Morgan fingerprint density at radius 1 is 0.608 bits per heavy atom. The van der Waals surface area contributed by atoms with Gasteiger partial charge in [-0.15, -0.1) is 0 Å². The van der Waals surface area contributed by atoms with E-state index in [1.165, 1.54) is 14.7 Å². The summed E-state index contributed by atoms with van der Waals surface area (Å²) in [5.41, 5.74) is 1.57. The molecule has 0 radical (unpaired) electrons. The Morgan fingerprint density at radius 2 is 1.00 bits per heavy atom. The summed E-state index contributed by atoms with van der Waals surface area (Å²) in [4.78, 5) is 97.9. The number of morpholine rings is 5. The van der Waals surface area contributed by atoms with Crippen LogP contribution in [-0.4, -0.2) is 195 Å². The van der Waals surface area contributed by atoms with Gasteiger partial charge in [-0.2, -0.15) is 0 Å². The van der Waals surface area contributed by atoms with Crippen LogP contribution in [0.5, 0.6) is 0 Å². The number of carbonyl (C=O) groups is 8. The van der Waals surface area contributed by atoms with Crippen molar-refractivity contribution in [2.45, 2.75) is 266 Å². The van der Waals surface area contributed by atoms with Gasteiger partial charge in [0.2, 0.25) is 5.91 Å². The Labute approximate surface area is 471 Å². The summed E-state index contributed by atoms with van der Waals surface area (Å²) in [7, 11) is 0. The van der Waals surface area contributed by atoms with E-state index in [9.17, 15) is 38.4 Å². The number of nitrogens with zero attached hydrogens (tertiary/aromatic N) is 3. The summed E-state index contributed by atoms with van der Waals surface area (Å²) in [6.45, 7) is 39.2. The van der Waals surface area contributed by atoms with Crippen LogP contribution < -0.4 is 16.4 Å². The number of aliphatic carboxylic acids is 1. The van der Waals surface area contributed by atoms with Crippen LogP contribution in [0.4, 0.5) is 9.59 Å². The topological polar surface area (TPSA) is 301 Å². The number of carboxylic acid groups (broad SMARTS) is 1. The summed E-state index contributed by atoms with van der Waals surface area (Å²) in [6.07, 6.45) is 3.17. The van der Waals surface area contributed by atoms with Crippen molar-refractivity contribution in [3.05, 3.63) is 0 Å². The molecule has 79 heavy (non-hydrogen) atoms. The van der Waals surface area contributed by atoms with Crippen molar-refractivity contribution in [2.24, 2.45) is 5.73 Å². The van der Waals surface area contributed by atoms with E-state index in [0.29, 0.717) is 65.1 Å². The Hall–Kier alpha value is -4.52. The standard InChI is InChI=1S/C14H25NO4.C12H21NO4.C11H19NO4.C9H17NO2.C7H13NO2.C3H9NO/c1-7-14(8-2)11(16)15(10(3)9-18-14)12(17)19-13(4,5)6;1-6-9-10(14)13(8(2)7-16-9)11(15)17-12(3,4)5;1-4-11(5-2)10(15)12(6-9(13)14)8(3)7-16-11;1-4-9(5-2)8(11)10-7(3)6-12-9;1-3-6-7(9)8-5(2)4-10-6;1-3(4)2-5/h10H,7-9H2,1-6H3;8-9H,6-7H2,1-5H3;8H,4-7H2,1-3H3,(H,13,14);7H,4-6H2,1-3H3,(H,10,11);5-6H,3-4H2,1-2H3,(H,8,9);3,5H,2,4H2,1H3/t10-;8-,9-;8-;7-;5-,6-;3-/m111111/s1. The van der Waals surface area contributed by atoms with Gasteiger partial charge in [0.1, 0.15) is 46.8 Å². The van der Waals surface area contributed by atoms with E-state index in [0.717, 1.165) is 19.3 Å². The van der Waals surface area contributed by atoms with Gasteiger partial charge >= 0.3 is 18.2 Å². The lowest BCUT2D eigenvalue weighted by molar-refractivity contribution is -0.182. The van der Waals surface area contributed by atoms with Gasteiger partial charge in [0.25, 0.3) is 23.6 Å². The molecule has 0 aromatic rings. The fourth-order valence-corrected chi connectivity index (χ4v) is 8.38. The van der Waals surface area contributed by atoms with Gasteiger partial charge in [-0.05, 0) is 134 Å². The van der Waals surface area contributed by atoms with Crippen LogP contribution in [0.25, 0.3) is 0 Å². The number of nitrogens with two attached hydrogens (primary N) is 1. The zero-order chi connectivity index (χ0) is 61.4. The predicted octanol–water partition coefficient (Wildman–Crippen LogP) is 6.26. The van der Waals surface area contributed by atoms with Crippen molar-refractivity contribution in [3.63, 3.8) is 0 Å². The fraction of sp³-hybridized carbons (Fsp3) is 0.857. The number of aliphatic hydroxyl groups is 1. The van der Waals surface area contributed by atoms with E-state index in [-0.39, 0.29) is 85.0 Å². The largest absolute Gasteiger partial charge is 0.480 e. The zero-order valence-corrected chi connectivity index (χ0v) is 51.7. The van der Waals surface area contributed by atoms with E-state index >= 15 is 0 Å². The van der Waals surface area contributed by atoms with Crippen molar-refractivity contribution in [1.29, 1.82) is 0 Å². The third kappa shape index (κ3) is 23.1. The second-order valence-corrected chi connectivity index (χ2v) is 22.7. The Balaban J connectivity index is 0.000000954. The molecule has 5 heterocycles. The van der Waals surface area contributed by atoms with Crippen LogP contribution in [-0.2, 0) is 61.9 Å². The average molecular weight is 1130 g/mol. The molecule has 0 aliphatic carbocycles. The molecule has 6 N–H and O–H groups in total. The van der Waals surface area contributed by atoms with Gasteiger partial charge in [-0.3, -0.25) is 28.8 Å². The number of nitrogens with one attached hydrogen (secondary N) is 2. The lowest BCUT2D eigenvalue weighted by Crippen LogP contribution is -2.62. The number of aliphatic hydroxyl groups excluding tert-OH is 1. The number of carboxylic acids is 1. The molecule has 7 amide bonds. The number of hydrogen-bond donors (Lipinski definition) is 5. The number of hydrogen-bond acceptors (Lipinski definition) is 17. The highest BCUT2D eigenvalue weighted by atomic mass is 16.6. The Bertz CT molecular complexity index is 1930. The number of carbonyl (C=O) groups excluding carboxylic acids is 7. The highest BCUT2D eigenvalue weighted by molar-refractivity contribution is 5.98. The number of imide groups is 2. The summed E-state index contributed by atoms with van der Waals surface area (Å²) in [6, 6.07) is -0.474. The van der Waals surface area contributed by atoms with Crippen LogP contribution in [0, 0.1) is 0 Å². The van der Waals surface area contributed by atoms with Gasteiger partial charge in [0.05, 0.1) is 57.8 Å². The van der Waals surface area contributed by atoms with Gasteiger partial charge in [0, 0.05) is 18.1 Å². The summed E-state index contributed by atoms with van der Waals surface area (Å²) in [5.74, 6) is -1.69. The lowest BCUT2D eigenvalue weighted by Gasteiger charge is -2.43. The lowest BCUT2D eigenvalue weighted by atomic mass is 9.92. The molecule has 0 bridgehead atoms. The molecule has 23 heteroatoms. The molecule has 0 aromatic heterocycles. The van der Waals surface area contributed by atoms with Crippen molar-refractivity contribution in [3.8, 4) is 0 Å². The maximum atomic E-state index is 12.5. The molecular weight excluding hydrogens is 1030 g/mol. The molecule has 5 saturated heterocycles. The fourth-order valence-electron chi connectivity index (χ4n) is 8.38. The quantitative estimate of drug-likeness (QED) is 0.152. The van der Waals surface area contributed by atoms with E-state index in [1.54, 1.807) is 69.2 Å². The van der Waals surface area contributed by atoms with Crippen LogP contribution in [0.15, 0.2) is 0 Å². The minimum Gasteiger partial charge on any atom is -0.480 e. The first-order chi connectivity index (χ1) is 36.5. The van der Waals surface area contributed by atoms with Gasteiger partial charge in [0.15, 0.2) is 0 Å². The molecule has 0 aromatic carbocycles.